The summed E-state index contributed by atoms with van der Waals surface area (Å²) in [6, 6.07) is 15.4. The van der Waals surface area contributed by atoms with Crippen molar-refractivity contribution in [1.82, 2.24) is 4.57 Å². The highest BCUT2D eigenvalue weighted by atomic mass is 127. The van der Waals surface area contributed by atoms with Crippen LogP contribution in [-0.2, 0) is 13.2 Å². The largest absolute Gasteiger partial charge is 1.00 e. The summed E-state index contributed by atoms with van der Waals surface area (Å²) >= 11 is 0. The normalized spacial score (nSPS) is 11.4. The smallest absolute Gasteiger partial charge is 0.495 e. The summed E-state index contributed by atoms with van der Waals surface area (Å²) in [5.74, 6) is -0.690. The number of rotatable bonds is 1. The molecule has 0 saturated heterocycles. The van der Waals surface area contributed by atoms with Crippen molar-refractivity contribution in [2.75, 3.05) is 0 Å². The maximum absolute atomic E-state index is 13.4. The number of alkyl halides is 3. The van der Waals surface area contributed by atoms with E-state index in [4.69, 9.17) is 0 Å². The highest BCUT2D eigenvalue weighted by Gasteiger charge is 2.46. The molecule has 0 fully saturated rings. The molecule has 0 spiro atoms. The van der Waals surface area contributed by atoms with Crippen molar-refractivity contribution in [2.45, 2.75) is 6.18 Å². The molecule has 2 nitrogen and oxygen atoms in total. The van der Waals surface area contributed by atoms with Gasteiger partial charge in [0, 0.05) is 0 Å². The van der Waals surface area contributed by atoms with Gasteiger partial charge < -0.3 is 24.0 Å². The van der Waals surface area contributed by atoms with Crippen LogP contribution in [-0.4, -0.2) is 4.57 Å². The van der Waals surface area contributed by atoms with Crippen LogP contribution in [0.4, 0.5) is 13.2 Å². The second kappa shape index (κ2) is 5.67. The molecular formula is C15H12F3IN2. The fraction of sp³-hybridized carbons (Fsp3) is 0.133. The Labute approximate surface area is 136 Å². The Hall–Kier alpha value is -1.57. The summed E-state index contributed by atoms with van der Waals surface area (Å²) in [5, 5.41) is 0. The Morgan fingerprint density at radius 2 is 1.48 bits per heavy atom. The molecule has 3 aromatic rings. The summed E-state index contributed by atoms with van der Waals surface area (Å²) in [5.41, 5.74) is 1.58. The number of hydrogen-bond donors (Lipinski definition) is 0. The van der Waals surface area contributed by atoms with Gasteiger partial charge in [-0.05, 0) is 24.3 Å². The summed E-state index contributed by atoms with van der Waals surface area (Å²) in [6.07, 6.45) is -4.43. The van der Waals surface area contributed by atoms with Gasteiger partial charge in [-0.25, -0.2) is 4.57 Å². The molecule has 0 N–H and O–H groups in total. The van der Waals surface area contributed by atoms with E-state index in [1.807, 2.05) is 0 Å². The molecule has 110 valence electrons. The summed E-state index contributed by atoms with van der Waals surface area (Å²) in [6.45, 7) is 0. The molecule has 1 aromatic heterocycles. The average Bonchev–Trinajstić information content (AvgIpc) is 2.74. The lowest BCUT2D eigenvalue weighted by Gasteiger charge is -2.05. The zero-order valence-electron chi connectivity index (χ0n) is 11.1. The maximum Gasteiger partial charge on any atom is 0.495 e. The Bertz CT molecular complexity index is 764. The first-order chi connectivity index (χ1) is 9.50. The predicted molar refractivity (Wildman–Crippen MR) is 69.5 cm³/mol. The minimum Gasteiger partial charge on any atom is -1.00 e. The van der Waals surface area contributed by atoms with E-state index in [0.29, 0.717) is 16.7 Å². The van der Waals surface area contributed by atoms with Crippen LogP contribution < -0.4 is 28.5 Å². The zero-order valence-corrected chi connectivity index (χ0v) is 13.3. The van der Waals surface area contributed by atoms with Crippen molar-refractivity contribution < 1.29 is 41.7 Å². The van der Waals surface area contributed by atoms with Gasteiger partial charge in [0.15, 0.2) is 11.0 Å². The van der Waals surface area contributed by atoms with Gasteiger partial charge in [-0.3, -0.25) is 0 Å². The van der Waals surface area contributed by atoms with Gasteiger partial charge in [-0.1, -0.05) is 30.3 Å². The highest BCUT2D eigenvalue weighted by Crippen LogP contribution is 2.32. The quantitative estimate of drug-likeness (QED) is 0.412. The van der Waals surface area contributed by atoms with Crippen LogP contribution in [0.2, 0.25) is 0 Å². The minimum absolute atomic E-state index is 0. The van der Waals surface area contributed by atoms with Gasteiger partial charge >= 0.3 is 12.0 Å². The van der Waals surface area contributed by atoms with E-state index in [1.165, 1.54) is 16.2 Å². The topological polar surface area (TPSA) is 8.81 Å². The van der Waals surface area contributed by atoms with Gasteiger partial charge in [-0.2, -0.15) is 17.7 Å². The molecule has 0 saturated carbocycles. The van der Waals surface area contributed by atoms with E-state index in [0.717, 1.165) is 0 Å². The lowest BCUT2D eigenvalue weighted by Crippen LogP contribution is -3.00. The summed E-state index contributed by atoms with van der Waals surface area (Å²) in [4.78, 5) is 0. The van der Waals surface area contributed by atoms with Crippen LogP contribution >= 0.6 is 0 Å². The fourth-order valence-corrected chi connectivity index (χ4v) is 2.47. The van der Waals surface area contributed by atoms with Gasteiger partial charge in [0.25, 0.3) is 0 Å². The molecule has 21 heavy (non-hydrogen) atoms. The number of aromatic nitrogens is 2. The van der Waals surface area contributed by atoms with Crippen molar-refractivity contribution in [1.29, 1.82) is 0 Å². The molecule has 0 amide bonds. The number of hydrogen-bond acceptors (Lipinski definition) is 0. The van der Waals surface area contributed by atoms with Crippen LogP contribution in [0.15, 0.2) is 54.6 Å². The number of para-hydroxylation sites is 3. The molecule has 2 aromatic carbocycles. The number of halogens is 4. The molecule has 0 aliphatic heterocycles. The summed E-state index contributed by atoms with van der Waals surface area (Å²) in [7, 11) is 1.44. The second-order valence-electron chi connectivity index (χ2n) is 4.54. The molecule has 0 aliphatic carbocycles. The first kappa shape index (κ1) is 15.8. The van der Waals surface area contributed by atoms with Crippen LogP contribution in [0, 0.1) is 0 Å². The van der Waals surface area contributed by atoms with Crippen molar-refractivity contribution >= 4 is 11.0 Å². The molecular weight excluding hydrogens is 392 g/mol. The van der Waals surface area contributed by atoms with Gasteiger partial charge in [-0.15, -0.1) is 0 Å². The molecule has 0 radical (unpaired) electrons. The predicted octanol–water partition coefficient (Wildman–Crippen LogP) is 0.478. The number of benzene rings is 2. The van der Waals surface area contributed by atoms with Crippen LogP contribution in [0.3, 0.4) is 0 Å². The Morgan fingerprint density at radius 3 is 2.10 bits per heavy atom. The molecule has 0 aliphatic rings. The molecule has 6 heteroatoms. The van der Waals surface area contributed by atoms with E-state index in [-0.39, 0.29) is 24.0 Å². The molecule has 0 unspecified atom stereocenters. The van der Waals surface area contributed by atoms with Crippen molar-refractivity contribution in [3.05, 3.63) is 60.4 Å². The molecule has 0 bridgehead atoms. The van der Waals surface area contributed by atoms with E-state index in [1.54, 1.807) is 54.6 Å². The molecule has 3 rings (SSSR count). The third-order valence-electron chi connectivity index (χ3n) is 3.28. The fourth-order valence-electron chi connectivity index (χ4n) is 2.47. The third kappa shape index (κ3) is 2.64. The highest BCUT2D eigenvalue weighted by molar-refractivity contribution is 5.74. The number of fused-ring (bicyclic) bond motifs is 1. The molecule has 0 atom stereocenters. The first-order valence-electron chi connectivity index (χ1n) is 6.12. The third-order valence-corrected chi connectivity index (χ3v) is 3.28. The maximum atomic E-state index is 13.4. The average molecular weight is 404 g/mol. The number of imidazole rings is 1. The lowest BCUT2D eigenvalue weighted by molar-refractivity contribution is -0.667. The van der Waals surface area contributed by atoms with Crippen molar-refractivity contribution in [3.8, 4) is 5.69 Å². The van der Waals surface area contributed by atoms with Crippen LogP contribution in [0.5, 0.6) is 0 Å². The molecule has 1 heterocycles. The SMILES string of the molecule is C[n+]1c(C(F)(F)F)n(-c2ccccc2)c2ccccc21.[I-]. The second-order valence-corrected chi connectivity index (χ2v) is 4.54. The van der Waals surface area contributed by atoms with E-state index >= 15 is 0 Å². The Morgan fingerprint density at radius 1 is 0.905 bits per heavy atom. The van der Waals surface area contributed by atoms with Gasteiger partial charge in [0.2, 0.25) is 0 Å². The van der Waals surface area contributed by atoms with E-state index < -0.39 is 12.0 Å². The Balaban J connectivity index is 0.00000161. The number of nitrogens with zero attached hydrogens (tertiary/aromatic N) is 2. The van der Waals surface area contributed by atoms with Crippen molar-refractivity contribution in [2.24, 2.45) is 7.05 Å². The van der Waals surface area contributed by atoms with E-state index in [9.17, 15) is 13.2 Å². The minimum atomic E-state index is -4.43. The van der Waals surface area contributed by atoms with Gasteiger partial charge in [0.1, 0.15) is 5.69 Å². The standard InChI is InChI=1S/C15H12F3N2.HI/c1-19-12-9-5-6-10-13(12)20(14(19)15(16,17)18)11-7-3-2-4-8-11;/h2-10H,1H3;1H/q+1;/p-1. The monoisotopic (exact) mass is 404 g/mol. The van der Waals surface area contributed by atoms with Crippen LogP contribution in [0.25, 0.3) is 16.7 Å². The van der Waals surface area contributed by atoms with Crippen molar-refractivity contribution in [3.63, 3.8) is 0 Å². The lowest BCUT2D eigenvalue weighted by atomic mass is 10.3. The van der Waals surface area contributed by atoms with E-state index in [2.05, 4.69) is 0 Å². The number of aryl methyl sites for hydroxylation is 1. The van der Waals surface area contributed by atoms with Gasteiger partial charge in [0.05, 0.1) is 7.05 Å². The summed E-state index contributed by atoms with van der Waals surface area (Å²) < 4.78 is 42.6. The first-order valence-corrected chi connectivity index (χ1v) is 6.12. The zero-order chi connectivity index (χ0) is 14.3. The Kier molecular flexibility index (Phi) is 4.27. The van der Waals surface area contributed by atoms with Crippen LogP contribution in [0.1, 0.15) is 5.82 Å².